The lowest BCUT2D eigenvalue weighted by Crippen LogP contribution is -2.32. The Morgan fingerprint density at radius 2 is 2.21 bits per heavy atom. The first-order valence-corrected chi connectivity index (χ1v) is 6.81. The van der Waals surface area contributed by atoms with E-state index in [1.165, 1.54) is 18.4 Å². The van der Waals surface area contributed by atoms with Crippen molar-refractivity contribution in [3.8, 4) is 0 Å². The van der Waals surface area contributed by atoms with Gasteiger partial charge in [0.1, 0.15) is 6.04 Å². The van der Waals surface area contributed by atoms with Crippen molar-refractivity contribution in [1.82, 2.24) is 4.57 Å². The number of aryl methyl sites for hydroxylation is 1. The summed E-state index contributed by atoms with van der Waals surface area (Å²) in [4.78, 5) is 11.8. The van der Waals surface area contributed by atoms with Gasteiger partial charge in [0.2, 0.25) is 0 Å². The number of carbonyl (C=O) groups excluding carboxylic acids is 1. The summed E-state index contributed by atoms with van der Waals surface area (Å²) < 4.78 is 6.95. The molecule has 0 radical (unpaired) electrons. The minimum Gasteiger partial charge on any atom is -0.467 e. The van der Waals surface area contributed by atoms with Gasteiger partial charge in [-0.2, -0.15) is 0 Å². The molecule has 19 heavy (non-hydrogen) atoms. The van der Waals surface area contributed by atoms with Gasteiger partial charge >= 0.3 is 5.97 Å². The maximum Gasteiger partial charge on any atom is 0.328 e. The van der Waals surface area contributed by atoms with E-state index < -0.39 is 0 Å². The van der Waals surface area contributed by atoms with Crippen molar-refractivity contribution in [1.29, 1.82) is 0 Å². The zero-order valence-electron chi connectivity index (χ0n) is 12.5. The van der Waals surface area contributed by atoms with Gasteiger partial charge in [0.15, 0.2) is 0 Å². The van der Waals surface area contributed by atoms with E-state index in [2.05, 4.69) is 24.5 Å². The van der Waals surface area contributed by atoms with Crippen molar-refractivity contribution in [2.45, 2.75) is 52.6 Å². The molecule has 0 fully saturated rings. The van der Waals surface area contributed by atoms with Crippen LogP contribution < -0.4 is 5.73 Å². The van der Waals surface area contributed by atoms with Gasteiger partial charge in [-0.3, -0.25) is 0 Å². The SMILES string of the molecule is COC(=O)C(C)n1c(C)cc2c1CC(C)(C)CC2N. The first kappa shape index (κ1) is 14.1. The average molecular weight is 264 g/mol. The maximum absolute atomic E-state index is 11.8. The Bertz CT molecular complexity index is 502. The fourth-order valence-corrected chi connectivity index (χ4v) is 3.28. The van der Waals surface area contributed by atoms with Crippen molar-refractivity contribution in [2.75, 3.05) is 7.11 Å². The highest BCUT2D eigenvalue weighted by atomic mass is 16.5. The van der Waals surface area contributed by atoms with Gasteiger partial charge in [-0.15, -0.1) is 0 Å². The molecule has 1 aromatic rings. The van der Waals surface area contributed by atoms with Crippen molar-refractivity contribution in [3.05, 3.63) is 23.0 Å². The van der Waals surface area contributed by atoms with Crippen LogP contribution in [0.4, 0.5) is 0 Å². The van der Waals surface area contributed by atoms with Crippen molar-refractivity contribution in [2.24, 2.45) is 11.1 Å². The second-order valence-electron chi connectivity index (χ2n) is 6.41. The third-order valence-electron chi connectivity index (χ3n) is 4.12. The molecule has 0 amide bonds. The van der Waals surface area contributed by atoms with Crippen molar-refractivity contribution < 1.29 is 9.53 Å². The number of fused-ring (bicyclic) bond motifs is 1. The van der Waals surface area contributed by atoms with E-state index in [9.17, 15) is 4.79 Å². The van der Waals surface area contributed by atoms with Crippen LogP contribution in [0.1, 0.15) is 56.2 Å². The molecule has 2 rings (SSSR count). The molecule has 2 unspecified atom stereocenters. The second-order valence-corrected chi connectivity index (χ2v) is 6.41. The second kappa shape index (κ2) is 4.67. The van der Waals surface area contributed by atoms with E-state index in [1.54, 1.807) is 0 Å². The molecule has 0 aliphatic heterocycles. The number of carbonyl (C=O) groups is 1. The van der Waals surface area contributed by atoms with E-state index in [1.807, 2.05) is 13.8 Å². The Morgan fingerprint density at radius 1 is 1.58 bits per heavy atom. The first-order chi connectivity index (χ1) is 8.76. The number of ether oxygens (including phenoxy) is 1. The van der Waals surface area contributed by atoms with E-state index in [0.29, 0.717) is 0 Å². The Hall–Kier alpha value is -1.29. The summed E-state index contributed by atoms with van der Waals surface area (Å²) in [6.45, 7) is 8.36. The summed E-state index contributed by atoms with van der Waals surface area (Å²) >= 11 is 0. The molecule has 1 aromatic heterocycles. The molecule has 4 nitrogen and oxygen atoms in total. The van der Waals surface area contributed by atoms with Crippen LogP contribution in [0.5, 0.6) is 0 Å². The number of nitrogens with zero attached hydrogens (tertiary/aromatic N) is 1. The number of hydrogen-bond donors (Lipinski definition) is 1. The van der Waals surface area contributed by atoms with Crippen LogP contribution in [0, 0.1) is 12.3 Å². The summed E-state index contributed by atoms with van der Waals surface area (Å²) in [5.74, 6) is -0.210. The molecule has 0 saturated heterocycles. The van der Waals surface area contributed by atoms with E-state index >= 15 is 0 Å². The molecule has 1 heterocycles. The fraction of sp³-hybridized carbons (Fsp3) is 0.667. The fourth-order valence-electron chi connectivity index (χ4n) is 3.28. The van der Waals surface area contributed by atoms with Gasteiger partial charge in [-0.1, -0.05) is 13.8 Å². The zero-order valence-corrected chi connectivity index (χ0v) is 12.5. The standard InChI is InChI=1S/C15H24N2O2/c1-9-6-11-12(16)7-15(3,4)8-13(11)17(9)10(2)14(18)19-5/h6,10,12H,7-8,16H2,1-5H3. The highest BCUT2D eigenvalue weighted by molar-refractivity contribution is 5.74. The lowest BCUT2D eigenvalue weighted by molar-refractivity contribution is -0.144. The maximum atomic E-state index is 11.8. The Labute approximate surface area is 114 Å². The Morgan fingerprint density at radius 3 is 2.79 bits per heavy atom. The molecule has 0 spiro atoms. The predicted octanol–water partition coefficient (Wildman–Crippen LogP) is 2.50. The molecule has 0 aromatic carbocycles. The summed E-state index contributed by atoms with van der Waals surface area (Å²) in [5, 5.41) is 0. The van der Waals surface area contributed by atoms with Crippen LogP contribution in [0.3, 0.4) is 0 Å². The molecule has 2 N–H and O–H groups in total. The summed E-state index contributed by atoms with van der Waals surface area (Å²) in [6.07, 6.45) is 1.93. The quantitative estimate of drug-likeness (QED) is 0.835. The molecule has 1 aliphatic carbocycles. The number of nitrogens with two attached hydrogens (primary N) is 1. The van der Waals surface area contributed by atoms with Crippen LogP contribution in [0.2, 0.25) is 0 Å². The number of rotatable bonds is 2. The lowest BCUT2D eigenvalue weighted by atomic mass is 9.74. The topological polar surface area (TPSA) is 57.2 Å². The van der Waals surface area contributed by atoms with E-state index in [4.69, 9.17) is 10.5 Å². The van der Waals surface area contributed by atoms with Crippen LogP contribution in [0.25, 0.3) is 0 Å². The molecule has 106 valence electrons. The molecule has 1 aliphatic rings. The number of methoxy groups -OCH3 is 1. The summed E-state index contributed by atoms with van der Waals surface area (Å²) in [6, 6.07) is 1.88. The lowest BCUT2D eigenvalue weighted by Gasteiger charge is -2.35. The zero-order chi connectivity index (χ0) is 14.4. The molecule has 0 bridgehead atoms. The Balaban J connectivity index is 2.50. The monoisotopic (exact) mass is 264 g/mol. The van der Waals surface area contributed by atoms with Gasteiger partial charge in [-0.05, 0) is 43.7 Å². The number of hydrogen-bond acceptors (Lipinski definition) is 3. The highest BCUT2D eigenvalue weighted by Gasteiger charge is 2.35. The van der Waals surface area contributed by atoms with Crippen molar-refractivity contribution in [3.63, 3.8) is 0 Å². The third kappa shape index (κ3) is 2.41. The number of esters is 1. The highest BCUT2D eigenvalue weighted by Crippen LogP contribution is 2.41. The number of aromatic nitrogens is 1. The summed E-state index contributed by atoms with van der Waals surface area (Å²) in [5.41, 5.74) is 9.92. The minimum absolute atomic E-state index is 0.0588. The van der Waals surface area contributed by atoms with Gasteiger partial charge < -0.3 is 15.0 Å². The first-order valence-electron chi connectivity index (χ1n) is 6.81. The molecular formula is C15H24N2O2. The van der Waals surface area contributed by atoms with Gasteiger partial charge in [-0.25, -0.2) is 4.79 Å². The van der Waals surface area contributed by atoms with Crippen LogP contribution in [-0.4, -0.2) is 17.6 Å². The average Bonchev–Trinajstić information content (AvgIpc) is 2.62. The van der Waals surface area contributed by atoms with Crippen molar-refractivity contribution >= 4 is 5.97 Å². The molecule has 2 atom stereocenters. The smallest absolute Gasteiger partial charge is 0.328 e. The Kier molecular flexibility index (Phi) is 3.47. The largest absolute Gasteiger partial charge is 0.467 e. The normalized spacial score (nSPS) is 22.7. The van der Waals surface area contributed by atoms with Gasteiger partial charge in [0, 0.05) is 17.4 Å². The molecule has 0 saturated carbocycles. The minimum atomic E-state index is -0.296. The van der Waals surface area contributed by atoms with Crippen LogP contribution in [-0.2, 0) is 16.0 Å². The molecular weight excluding hydrogens is 240 g/mol. The van der Waals surface area contributed by atoms with Gasteiger partial charge in [0.25, 0.3) is 0 Å². The van der Waals surface area contributed by atoms with Crippen LogP contribution >= 0.6 is 0 Å². The predicted molar refractivity (Wildman–Crippen MR) is 74.9 cm³/mol. The third-order valence-corrected chi connectivity index (χ3v) is 4.12. The van der Waals surface area contributed by atoms with Gasteiger partial charge in [0.05, 0.1) is 7.11 Å². The molecule has 4 heteroatoms. The van der Waals surface area contributed by atoms with E-state index in [-0.39, 0.29) is 23.5 Å². The van der Waals surface area contributed by atoms with Crippen LogP contribution in [0.15, 0.2) is 6.07 Å². The summed E-state index contributed by atoms with van der Waals surface area (Å²) in [7, 11) is 1.43. The van der Waals surface area contributed by atoms with E-state index in [0.717, 1.165) is 18.5 Å².